The summed E-state index contributed by atoms with van der Waals surface area (Å²) in [6.07, 6.45) is -1.98. The maximum atomic E-state index is 11.3. The van der Waals surface area contributed by atoms with E-state index < -0.39 is 24.3 Å². The van der Waals surface area contributed by atoms with E-state index in [-0.39, 0.29) is 11.4 Å². The van der Waals surface area contributed by atoms with E-state index in [2.05, 4.69) is 5.32 Å². The Hall–Kier alpha value is -2.08. The van der Waals surface area contributed by atoms with E-state index in [1.807, 2.05) is 0 Å². The van der Waals surface area contributed by atoms with Gasteiger partial charge in [0, 0.05) is 0 Å². The Kier molecular flexibility index (Phi) is 3.84. The molecule has 0 aromatic heterocycles. The van der Waals surface area contributed by atoms with Crippen LogP contribution in [0.4, 0.5) is 5.69 Å². The summed E-state index contributed by atoms with van der Waals surface area (Å²) in [5.74, 6) is -1.69. The van der Waals surface area contributed by atoms with Crippen molar-refractivity contribution in [2.75, 3.05) is 5.32 Å². The van der Waals surface area contributed by atoms with Crippen molar-refractivity contribution < 1.29 is 19.8 Å². The molecule has 0 saturated heterocycles. The molecule has 0 aliphatic carbocycles. The molecule has 0 saturated carbocycles. The van der Waals surface area contributed by atoms with Crippen molar-refractivity contribution >= 4 is 17.5 Å². The highest BCUT2D eigenvalue weighted by molar-refractivity contribution is 5.97. The zero-order valence-electron chi connectivity index (χ0n) is 8.38. The number of hydrogen-bond acceptors (Lipinski definition) is 4. The average Bonchev–Trinajstić information content (AvgIpc) is 2.20. The lowest BCUT2D eigenvalue weighted by Crippen LogP contribution is -2.31. The summed E-state index contributed by atoms with van der Waals surface area (Å²) >= 11 is 0. The van der Waals surface area contributed by atoms with E-state index in [0.29, 0.717) is 0 Å². The van der Waals surface area contributed by atoms with E-state index in [9.17, 15) is 19.8 Å². The Bertz CT molecular complexity index is 406. The summed E-state index contributed by atoms with van der Waals surface area (Å²) in [6.45, 7) is 0. The van der Waals surface area contributed by atoms with Crippen molar-refractivity contribution in [1.82, 2.24) is 0 Å². The second kappa shape index (κ2) is 5.13. The van der Waals surface area contributed by atoms with Gasteiger partial charge in [0.2, 0.25) is 5.91 Å². The van der Waals surface area contributed by atoms with Gasteiger partial charge in [0.15, 0.2) is 0 Å². The first-order valence-corrected chi connectivity index (χ1v) is 4.56. The normalized spacial score (nSPS) is 11.8. The molecule has 6 heteroatoms. The molecule has 0 spiro atoms. The standard InChI is InChI=1S/C10H12N2O4/c11-9(15)5-8(14)10(16)12-6-3-1-2-4-7(6)13/h1-4,8,13-14H,5H2,(H2,11,15)(H,12,16). The monoisotopic (exact) mass is 224 g/mol. The minimum atomic E-state index is -1.52. The number of benzene rings is 1. The van der Waals surface area contributed by atoms with Gasteiger partial charge in [-0.25, -0.2) is 0 Å². The molecule has 0 aliphatic heterocycles. The number of aliphatic hydroxyl groups is 1. The number of rotatable bonds is 4. The minimum Gasteiger partial charge on any atom is -0.506 e. The number of carbonyl (C=O) groups is 2. The van der Waals surface area contributed by atoms with Gasteiger partial charge in [0.05, 0.1) is 12.1 Å². The molecular weight excluding hydrogens is 212 g/mol. The molecule has 0 aliphatic rings. The van der Waals surface area contributed by atoms with Crippen LogP contribution in [0.2, 0.25) is 0 Å². The number of aliphatic hydroxyl groups excluding tert-OH is 1. The molecule has 1 unspecified atom stereocenters. The van der Waals surface area contributed by atoms with Gasteiger partial charge < -0.3 is 21.3 Å². The third kappa shape index (κ3) is 3.25. The fourth-order valence-electron chi connectivity index (χ4n) is 1.08. The fourth-order valence-corrected chi connectivity index (χ4v) is 1.08. The Morgan fingerprint density at radius 2 is 2.00 bits per heavy atom. The number of hydrogen-bond donors (Lipinski definition) is 4. The van der Waals surface area contributed by atoms with Gasteiger partial charge in [-0.15, -0.1) is 0 Å². The summed E-state index contributed by atoms with van der Waals surface area (Å²) in [6, 6.07) is 6.04. The van der Waals surface area contributed by atoms with Crippen LogP contribution in [0, 0.1) is 0 Å². The number of carbonyl (C=O) groups excluding carboxylic acids is 2. The smallest absolute Gasteiger partial charge is 0.253 e. The van der Waals surface area contributed by atoms with Crippen LogP contribution in [0.3, 0.4) is 0 Å². The predicted molar refractivity (Wildman–Crippen MR) is 56.6 cm³/mol. The maximum Gasteiger partial charge on any atom is 0.253 e. The summed E-state index contributed by atoms with van der Waals surface area (Å²) in [7, 11) is 0. The predicted octanol–water partition coefficient (Wildman–Crippen LogP) is -0.433. The van der Waals surface area contributed by atoms with Crippen LogP contribution < -0.4 is 11.1 Å². The Balaban J connectivity index is 2.64. The summed E-state index contributed by atoms with van der Waals surface area (Å²) in [4.78, 5) is 21.8. The van der Waals surface area contributed by atoms with E-state index in [1.54, 1.807) is 12.1 Å². The topological polar surface area (TPSA) is 113 Å². The van der Waals surface area contributed by atoms with Crippen LogP contribution >= 0.6 is 0 Å². The highest BCUT2D eigenvalue weighted by atomic mass is 16.3. The van der Waals surface area contributed by atoms with Gasteiger partial charge in [-0.2, -0.15) is 0 Å². The lowest BCUT2D eigenvalue weighted by Gasteiger charge is -2.10. The first-order chi connectivity index (χ1) is 7.50. The molecule has 1 rings (SSSR count). The molecule has 1 atom stereocenters. The lowest BCUT2D eigenvalue weighted by molar-refractivity contribution is -0.129. The number of anilines is 1. The Labute approximate surface area is 91.7 Å². The van der Waals surface area contributed by atoms with Crippen LogP contribution in [0.15, 0.2) is 24.3 Å². The van der Waals surface area contributed by atoms with Gasteiger partial charge in [0.25, 0.3) is 5.91 Å². The summed E-state index contributed by atoms with van der Waals surface area (Å²) in [5.41, 5.74) is 4.99. The zero-order chi connectivity index (χ0) is 12.1. The maximum absolute atomic E-state index is 11.3. The van der Waals surface area contributed by atoms with E-state index in [4.69, 9.17) is 5.73 Å². The van der Waals surface area contributed by atoms with Crippen molar-refractivity contribution in [1.29, 1.82) is 0 Å². The number of nitrogens with two attached hydrogens (primary N) is 1. The summed E-state index contributed by atoms with van der Waals surface area (Å²) < 4.78 is 0. The van der Waals surface area contributed by atoms with Crippen LogP contribution in [-0.2, 0) is 9.59 Å². The Morgan fingerprint density at radius 1 is 1.38 bits per heavy atom. The van der Waals surface area contributed by atoms with Crippen LogP contribution in [-0.4, -0.2) is 28.1 Å². The number of primary amides is 1. The van der Waals surface area contributed by atoms with Gasteiger partial charge in [0.1, 0.15) is 11.9 Å². The number of aromatic hydroxyl groups is 1. The Morgan fingerprint density at radius 3 is 2.56 bits per heavy atom. The lowest BCUT2D eigenvalue weighted by atomic mass is 10.2. The van der Waals surface area contributed by atoms with Crippen molar-refractivity contribution in [2.24, 2.45) is 5.73 Å². The fraction of sp³-hybridized carbons (Fsp3) is 0.200. The van der Waals surface area contributed by atoms with Crippen LogP contribution in [0.25, 0.3) is 0 Å². The molecule has 2 amide bonds. The number of para-hydroxylation sites is 2. The van der Waals surface area contributed by atoms with Crippen molar-refractivity contribution in [3.63, 3.8) is 0 Å². The van der Waals surface area contributed by atoms with Crippen molar-refractivity contribution in [3.05, 3.63) is 24.3 Å². The molecule has 86 valence electrons. The summed E-state index contributed by atoms with van der Waals surface area (Å²) in [5, 5.41) is 20.8. The van der Waals surface area contributed by atoms with Gasteiger partial charge in [-0.3, -0.25) is 9.59 Å². The van der Waals surface area contributed by atoms with Crippen LogP contribution in [0.1, 0.15) is 6.42 Å². The largest absolute Gasteiger partial charge is 0.506 e. The molecule has 0 radical (unpaired) electrons. The highest BCUT2D eigenvalue weighted by Gasteiger charge is 2.18. The average molecular weight is 224 g/mol. The third-order valence-electron chi connectivity index (χ3n) is 1.86. The van der Waals surface area contributed by atoms with Crippen molar-refractivity contribution in [3.8, 4) is 5.75 Å². The highest BCUT2D eigenvalue weighted by Crippen LogP contribution is 2.21. The van der Waals surface area contributed by atoms with E-state index in [1.165, 1.54) is 12.1 Å². The van der Waals surface area contributed by atoms with Gasteiger partial charge in [-0.05, 0) is 12.1 Å². The second-order valence-corrected chi connectivity index (χ2v) is 3.19. The SMILES string of the molecule is NC(=O)CC(O)C(=O)Nc1ccccc1O. The van der Waals surface area contributed by atoms with E-state index in [0.717, 1.165) is 0 Å². The molecule has 1 aromatic rings. The quantitative estimate of drug-likeness (QED) is 0.519. The third-order valence-corrected chi connectivity index (χ3v) is 1.86. The van der Waals surface area contributed by atoms with Gasteiger partial charge in [-0.1, -0.05) is 12.1 Å². The molecule has 0 fully saturated rings. The minimum absolute atomic E-state index is 0.123. The molecule has 1 aromatic carbocycles. The number of amides is 2. The number of phenols is 1. The first-order valence-electron chi connectivity index (χ1n) is 4.56. The zero-order valence-corrected chi connectivity index (χ0v) is 8.38. The molecule has 0 heterocycles. The molecule has 16 heavy (non-hydrogen) atoms. The van der Waals surface area contributed by atoms with Gasteiger partial charge >= 0.3 is 0 Å². The first kappa shape index (κ1) is 12.0. The number of phenolic OH excluding ortho intramolecular Hbond substituents is 1. The molecule has 5 N–H and O–H groups in total. The van der Waals surface area contributed by atoms with Crippen molar-refractivity contribution in [2.45, 2.75) is 12.5 Å². The second-order valence-electron chi connectivity index (χ2n) is 3.19. The van der Waals surface area contributed by atoms with Crippen LogP contribution in [0.5, 0.6) is 5.75 Å². The number of nitrogens with one attached hydrogen (secondary N) is 1. The molecular formula is C10H12N2O4. The molecule has 0 bridgehead atoms. The van der Waals surface area contributed by atoms with E-state index >= 15 is 0 Å². The molecule has 6 nitrogen and oxygen atoms in total.